The number of urea groups is 1. The van der Waals surface area contributed by atoms with Gasteiger partial charge >= 0.3 is 6.03 Å². The van der Waals surface area contributed by atoms with Gasteiger partial charge in [-0.15, -0.1) is 0 Å². The fraction of sp³-hybridized carbons (Fsp3) is 0.407. The summed E-state index contributed by atoms with van der Waals surface area (Å²) in [7, 11) is 1.55. The fourth-order valence-electron chi connectivity index (χ4n) is 5.54. The fourth-order valence-corrected chi connectivity index (χ4v) is 5.54. The van der Waals surface area contributed by atoms with Crippen molar-refractivity contribution in [2.75, 3.05) is 33.4 Å². The van der Waals surface area contributed by atoms with Crippen molar-refractivity contribution in [3.8, 4) is 0 Å². The number of imide groups is 1. The Morgan fingerprint density at radius 3 is 2.54 bits per heavy atom. The van der Waals surface area contributed by atoms with Crippen molar-refractivity contribution < 1.29 is 18.7 Å². The summed E-state index contributed by atoms with van der Waals surface area (Å²) in [6.45, 7) is 2.96. The highest BCUT2D eigenvalue weighted by molar-refractivity contribution is 6.07. The largest absolute Gasteiger partial charge is 0.383 e. The Kier molecular flexibility index (Phi) is 6.58. The van der Waals surface area contributed by atoms with Crippen molar-refractivity contribution in [1.29, 1.82) is 0 Å². The lowest BCUT2D eigenvalue weighted by Crippen LogP contribution is -2.57. The molecule has 0 aliphatic carbocycles. The molecule has 2 aliphatic rings. The van der Waals surface area contributed by atoms with E-state index in [0.717, 1.165) is 43.6 Å². The lowest BCUT2D eigenvalue weighted by atomic mass is 9.74. The summed E-state index contributed by atoms with van der Waals surface area (Å²) in [5, 5.41) is 4.25. The first kappa shape index (κ1) is 23.5. The van der Waals surface area contributed by atoms with Crippen LogP contribution in [0.4, 0.5) is 9.18 Å². The van der Waals surface area contributed by atoms with E-state index in [0.29, 0.717) is 6.42 Å². The molecule has 7 nitrogen and oxygen atoms in total. The van der Waals surface area contributed by atoms with Gasteiger partial charge < -0.3 is 15.0 Å². The van der Waals surface area contributed by atoms with Gasteiger partial charge in [-0.3, -0.25) is 14.6 Å². The number of H-pyrrole nitrogens is 1. The van der Waals surface area contributed by atoms with Crippen LogP contribution in [0.1, 0.15) is 24.1 Å². The number of piperidine rings is 1. The molecule has 0 radical (unpaired) electrons. The molecule has 8 heteroatoms. The average molecular weight is 479 g/mol. The van der Waals surface area contributed by atoms with Gasteiger partial charge in [0, 0.05) is 31.3 Å². The quantitative estimate of drug-likeness (QED) is 0.484. The summed E-state index contributed by atoms with van der Waals surface area (Å²) in [5.41, 5.74) is 2.09. The standard InChI is InChI=1S/C27H31FN4O3/c1-35-15-14-32-25(33)27(30-26(32)34,17-19-6-8-22(28)9-7-19)21-10-12-31(13-11-21)18-23-16-20-4-2-3-5-24(20)29-23/h2-9,16,21,29H,10-15,17-18H2,1H3,(H,30,34)/t27-/m1/s1. The zero-order valence-electron chi connectivity index (χ0n) is 19.9. The maximum Gasteiger partial charge on any atom is 0.325 e. The number of hydrogen-bond donors (Lipinski definition) is 2. The van der Waals surface area contributed by atoms with Crippen molar-refractivity contribution >= 4 is 22.8 Å². The molecule has 0 saturated carbocycles. The molecule has 35 heavy (non-hydrogen) atoms. The summed E-state index contributed by atoms with van der Waals surface area (Å²) in [4.78, 5) is 33.7. The smallest absolute Gasteiger partial charge is 0.325 e. The molecular weight excluding hydrogens is 447 g/mol. The van der Waals surface area contributed by atoms with Gasteiger partial charge in [0.1, 0.15) is 11.4 Å². The maximum atomic E-state index is 13.7. The molecule has 1 aromatic heterocycles. The van der Waals surface area contributed by atoms with Crippen LogP contribution in [0.5, 0.6) is 0 Å². The molecule has 3 amide bonds. The Morgan fingerprint density at radius 2 is 1.83 bits per heavy atom. The minimum absolute atomic E-state index is 0.0180. The first-order valence-electron chi connectivity index (χ1n) is 12.1. The second kappa shape index (κ2) is 9.79. The number of aromatic amines is 1. The average Bonchev–Trinajstić information content (AvgIpc) is 3.37. The van der Waals surface area contributed by atoms with Crippen LogP contribution in [-0.2, 0) is 22.5 Å². The van der Waals surface area contributed by atoms with E-state index in [2.05, 4.69) is 33.4 Å². The van der Waals surface area contributed by atoms with E-state index in [1.54, 1.807) is 19.2 Å². The van der Waals surface area contributed by atoms with E-state index < -0.39 is 5.54 Å². The Hall–Kier alpha value is -3.23. The van der Waals surface area contributed by atoms with Gasteiger partial charge in [-0.25, -0.2) is 9.18 Å². The normalized spacial score (nSPS) is 21.7. The van der Waals surface area contributed by atoms with Crippen LogP contribution in [-0.4, -0.2) is 65.6 Å². The van der Waals surface area contributed by atoms with Crippen LogP contribution < -0.4 is 5.32 Å². The van der Waals surface area contributed by atoms with E-state index in [1.165, 1.54) is 28.1 Å². The molecule has 2 aliphatic heterocycles. The topological polar surface area (TPSA) is 77.7 Å². The minimum Gasteiger partial charge on any atom is -0.383 e. The number of methoxy groups -OCH3 is 1. The van der Waals surface area contributed by atoms with Gasteiger partial charge in [-0.2, -0.15) is 0 Å². The molecule has 5 rings (SSSR count). The van der Waals surface area contributed by atoms with Crippen molar-refractivity contribution in [3.63, 3.8) is 0 Å². The third-order valence-electron chi connectivity index (χ3n) is 7.38. The van der Waals surface area contributed by atoms with Crippen LogP contribution >= 0.6 is 0 Å². The SMILES string of the molecule is COCCN1C(=O)N[C@](Cc2ccc(F)cc2)(C2CCN(Cc3cc4ccccc4[nH]3)CC2)C1=O. The third kappa shape index (κ3) is 4.68. The maximum absolute atomic E-state index is 13.7. The van der Waals surface area contributed by atoms with Crippen LogP contribution in [0.3, 0.4) is 0 Å². The van der Waals surface area contributed by atoms with Crippen LogP contribution in [0.15, 0.2) is 54.6 Å². The number of fused-ring (bicyclic) bond motifs is 1. The lowest BCUT2D eigenvalue weighted by Gasteiger charge is -2.41. The lowest BCUT2D eigenvalue weighted by molar-refractivity contribution is -0.134. The first-order valence-corrected chi connectivity index (χ1v) is 12.1. The Morgan fingerprint density at radius 1 is 1.09 bits per heavy atom. The molecular formula is C27H31FN4O3. The van der Waals surface area contributed by atoms with Crippen LogP contribution in [0.2, 0.25) is 0 Å². The van der Waals surface area contributed by atoms with Gasteiger partial charge in [0.25, 0.3) is 5.91 Å². The summed E-state index contributed by atoms with van der Waals surface area (Å²) in [5.74, 6) is -0.551. The molecule has 2 saturated heterocycles. The number of carbonyl (C=O) groups excluding carboxylic acids is 2. The van der Waals surface area contributed by atoms with Gasteiger partial charge in [-0.05, 0) is 67.1 Å². The van der Waals surface area contributed by atoms with Gasteiger partial charge in [0.05, 0.1) is 13.2 Å². The van der Waals surface area contributed by atoms with Crippen molar-refractivity contribution in [3.05, 3.63) is 71.7 Å². The molecule has 3 aromatic rings. The van der Waals surface area contributed by atoms with Crippen molar-refractivity contribution in [2.45, 2.75) is 31.3 Å². The highest BCUT2D eigenvalue weighted by Crippen LogP contribution is 2.37. The first-order chi connectivity index (χ1) is 17.0. The zero-order valence-corrected chi connectivity index (χ0v) is 19.9. The summed E-state index contributed by atoms with van der Waals surface area (Å²) >= 11 is 0. The molecule has 184 valence electrons. The number of amides is 3. The molecule has 2 aromatic carbocycles. The molecule has 0 unspecified atom stereocenters. The third-order valence-corrected chi connectivity index (χ3v) is 7.38. The summed E-state index contributed by atoms with van der Waals surface area (Å²) in [6.07, 6.45) is 1.91. The summed E-state index contributed by atoms with van der Waals surface area (Å²) < 4.78 is 18.6. The number of nitrogens with one attached hydrogen (secondary N) is 2. The second-order valence-corrected chi connectivity index (χ2v) is 9.59. The number of likely N-dealkylation sites (tertiary alicyclic amines) is 1. The van der Waals surface area contributed by atoms with Gasteiger partial charge in [0.2, 0.25) is 0 Å². The second-order valence-electron chi connectivity index (χ2n) is 9.59. The number of aromatic nitrogens is 1. The number of ether oxygens (including phenoxy) is 1. The van der Waals surface area contributed by atoms with Crippen LogP contribution in [0.25, 0.3) is 10.9 Å². The zero-order chi connectivity index (χ0) is 24.4. The number of para-hydroxylation sites is 1. The van der Waals surface area contributed by atoms with Gasteiger partial charge in [0.15, 0.2) is 0 Å². The number of rotatable bonds is 8. The predicted octanol–water partition coefficient (Wildman–Crippen LogP) is 3.70. The molecule has 0 spiro atoms. The van der Waals surface area contributed by atoms with E-state index in [9.17, 15) is 14.0 Å². The molecule has 1 atom stereocenters. The number of carbonyl (C=O) groups is 2. The monoisotopic (exact) mass is 478 g/mol. The van der Waals surface area contributed by atoms with E-state index >= 15 is 0 Å². The van der Waals surface area contributed by atoms with Crippen molar-refractivity contribution in [1.82, 2.24) is 20.1 Å². The van der Waals surface area contributed by atoms with Gasteiger partial charge in [-0.1, -0.05) is 30.3 Å². The van der Waals surface area contributed by atoms with Crippen molar-refractivity contribution in [2.24, 2.45) is 5.92 Å². The highest BCUT2D eigenvalue weighted by Gasteiger charge is 2.55. The predicted molar refractivity (Wildman–Crippen MR) is 131 cm³/mol. The number of hydrogen-bond acceptors (Lipinski definition) is 4. The molecule has 0 bridgehead atoms. The number of nitrogens with zero attached hydrogens (tertiary/aromatic N) is 2. The number of halogens is 1. The molecule has 3 heterocycles. The van der Waals surface area contributed by atoms with E-state index in [4.69, 9.17) is 4.74 Å². The molecule has 2 fully saturated rings. The number of benzene rings is 2. The van der Waals surface area contributed by atoms with Crippen LogP contribution in [0, 0.1) is 11.7 Å². The Labute approximate surface area is 204 Å². The van der Waals surface area contributed by atoms with E-state index in [1.807, 2.05) is 12.1 Å². The Balaban J connectivity index is 1.33. The Bertz CT molecular complexity index is 1170. The highest BCUT2D eigenvalue weighted by atomic mass is 19.1. The molecule has 2 N–H and O–H groups in total. The minimum atomic E-state index is -1.03. The summed E-state index contributed by atoms with van der Waals surface area (Å²) in [6, 6.07) is 16.2. The van der Waals surface area contributed by atoms with E-state index in [-0.39, 0.29) is 36.8 Å².